The first-order valence-electron chi connectivity index (χ1n) is 3.32. The summed E-state index contributed by atoms with van der Waals surface area (Å²) in [5, 5.41) is -1.22. The summed E-state index contributed by atoms with van der Waals surface area (Å²) in [5.41, 5.74) is 0. The average molecular weight is 206 g/mol. The maximum Gasteiger partial charge on any atom is 0.252 e. The summed E-state index contributed by atoms with van der Waals surface area (Å²) in [6.07, 6.45) is 0.344. The van der Waals surface area contributed by atoms with Gasteiger partial charge in [0.2, 0.25) is 11.0 Å². The van der Waals surface area contributed by atoms with E-state index in [0.29, 0.717) is 6.42 Å². The molecule has 2 heterocycles. The minimum atomic E-state index is -1.03. The molecule has 2 atom stereocenters. The van der Waals surface area contributed by atoms with Crippen LogP contribution >= 0.6 is 23.4 Å². The molecule has 0 radical (unpaired) electrons. The number of hydrogen-bond donors (Lipinski definition) is 0. The Bertz CT molecular complexity index is 293. The highest BCUT2D eigenvalue weighted by Crippen LogP contribution is 2.40. The lowest BCUT2D eigenvalue weighted by Crippen LogP contribution is -2.54. The summed E-state index contributed by atoms with van der Waals surface area (Å²) in [4.78, 5) is 34.0. The molecule has 0 bridgehead atoms. The van der Waals surface area contributed by atoms with Crippen LogP contribution in [0.5, 0.6) is 0 Å². The first kappa shape index (κ1) is 8.07. The standard InChI is InChI=1S/C6H4ClNO3S/c7-5(10)4-6(11)12-3-1-2(9)8(3)4/h3-4H,1H2/t3-,4+/m1/s1. The highest BCUT2D eigenvalue weighted by Gasteiger charge is 2.54. The molecule has 0 aliphatic carbocycles. The number of nitrogens with zero attached hydrogens (tertiary/aromatic N) is 1. The lowest BCUT2D eigenvalue weighted by molar-refractivity contribution is -0.148. The van der Waals surface area contributed by atoms with Gasteiger partial charge >= 0.3 is 0 Å². The fourth-order valence-corrected chi connectivity index (χ4v) is 2.79. The van der Waals surface area contributed by atoms with Crippen molar-refractivity contribution in [3.63, 3.8) is 0 Å². The van der Waals surface area contributed by atoms with Crippen LogP contribution in [0.15, 0.2) is 0 Å². The molecule has 0 unspecified atom stereocenters. The molecule has 2 rings (SSSR count). The normalized spacial score (nSPS) is 33.2. The number of rotatable bonds is 1. The van der Waals surface area contributed by atoms with E-state index in [1.165, 1.54) is 4.90 Å². The van der Waals surface area contributed by atoms with Gasteiger partial charge in [0.1, 0.15) is 0 Å². The van der Waals surface area contributed by atoms with Gasteiger partial charge < -0.3 is 4.90 Å². The number of β-lactam (4-membered cyclic amide) rings is 1. The highest BCUT2D eigenvalue weighted by atomic mass is 35.5. The number of carbonyl (C=O) groups is 3. The molecule has 4 nitrogen and oxygen atoms in total. The van der Waals surface area contributed by atoms with Gasteiger partial charge in [0.25, 0.3) is 5.24 Å². The zero-order valence-electron chi connectivity index (χ0n) is 5.82. The highest BCUT2D eigenvalue weighted by molar-refractivity contribution is 8.14. The molecule has 2 fully saturated rings. The summed E-state index contributed by atoms with van der Waals surface area (Å²) >= 11 is 6.19. The van der Waals surface area contributed by atoms with Gasteiger partial charge in [0, 0.05) is 0 Å². The van der Waals surface area contributed by atoms with Crippen LogP contribution in [0.1, 0.15) is 6.42 Å². The molecule has 2 aliphatic heterocycles. The summed E-state index contributed by atoms with van der Waals surface area (Å²) in [6, 6.07) is -1.03. The van der Waals surface area contributed by atoms with Gasteiger partial charge in [0.05, 0.1) is 11.8 Å². The smallest absolute Gasteiger partial charge is 0.252 e. The Hall–Kier alpha value is -0.550. The second kappa shape index (κ2) is 2.47. The quantitative estimate of drug-likeness (QED) is 0.342. The van der Waals surface area contributed by atoms with Crippen molar-refractivity contribution in [2.24, 2.45) is 0 Å². The van der Waals surface area contributed by atoms with Gasteiger partial charge in [-0.2, -0.15) is 0 Å². The van der Waals surface area contributed by atoms with Crippen LogP contribution in [-0.4, -0.2) is 32.6 Å². The molecule has 2 aliphatic rings. The minimum absolute atomic E-state index is 0.141. The average Bonchev–Trinajstić information content (AvgIpc) is 2.22. The third-order valence-corrected chi connectivity index (χ3v) is 3.24. The van der Waals surface area contributed by atoms with Gasteiger partial charge in [-0.05, 0) is 11.6 Å². The topological polar surface area (TPSA) is 54.5 Å². The van der Waals surface area contributed by atoms with E-state index in [2.05, 4.69) is 0 Å². The number of halogens is 1. The van der Waals surface area contributed by atoms with Crippen molar-refractivity contribution in [1.29, 1.82) is 0 Å². The van der Waals surface area contributed by atoms with E-state index in [4.69, 9.17) is 11.6 Å². The Kier molecular flexibility index (Phi) is 1.66. The van der Waals surface area contributed by atoms with E-state index in [-0.39, 0.29) is 16.4 Å². The molecule has 0 saturated carbocycles. The maximum atomic E-state index is 11.1. The van der Waals surface area contributed by atoms with Crippen molar-refractivity contribution >= 4 is 39.6 Å². The maximum absolute atomic E-state index is 11.1. The van der Waals surface area contributed by atoms with Crippen molar-refractivity contribution < 1.29 is 14.4 Å². The first-order chi connectivity index (χ1) is 5.61. The van der Waals surface area contributed by atoms with Crippen molar-refractivity contribution in [3.05, 3.63) is 0 Å². The summed E-state index contributed by atoms with van der Waals surface area (Å²) in [5.74, 6) is -0.169. The molecule has 0 N–H and O–H groups in total. The molecular formula is C6H4ClNO3S. The van der Waals surface area contributed by atoms with E-state index in [1.807, 2.05) is 0 Å². The molecule has 0 aromatic rings. The van der Waals surface area contributed by atoms with Gasteiger partial charge in [-0.15, -0.1) is 0 Å². The van der Waals surface area contributed by atoms with Crippen LogP contribution in [0.4, 0.5) is 0 Å². The predicted octanol–water partition coefficient (Wildman–Crippen LogP) is -0.0478. The number of fused-ring (bicyclic) bond motifs is 1. The second-order valence-corrected chi connectivity index (χ2v) is 4.16. The Morgan fingerprint density at radius 1 is 1.58 bits per heavy atom. The lowest BCUT2D eigenvalue weighted by Gasteiger charge is -2.34. The molecule has 0 aromatic heterocycles. The van der Waals surface area contributed by atoms with Crippen LogP contribution in [-0.2, 0) is 14.4 Å². The van der Waals surface area contributed by atoms with Crippen LogP contribution in [0.3, 0.4) is 0 Å². The summed E-state index contributed by atoms with van der Waals surface area (Å²) in [7, 11) is 0. The molecule has 6 heteroatoms. The summed E-state index contributed by atoms with van der Waals surface area (Å²) in [6.45, 7) is 0. The first-order valence-corrected chi connectivity index (χ1v) is 4.58. The Morgan fingerprint density at radius 3 is 2.67 bits per heavy atom. The monoisotopic (exact) mass is 205 g/mol. The van der Waals surface area contributed by atoms with Crippen LogP contribution in [0, 0.1) is 0 Å². The zero-order valence-corrected chi connectivity index (χ0v) is 7.39. The fourth-order valence-electron chi connectivity index (χ4n) is 1.32. The third kappa shape index (κ3) is 0.895. The van der Waals surface area contributed by atoms with E-state index in [1.54, 1.807) is 0 Å². The molecule has 12 heavy (non-hydrogen) atoms. The number of amides is 1. The summed E-state index contributed by atoms with van der Waals surface area (Å²) < 4.78 is 0. The Morgan fingerprint density at radius 2 is 2.25 bits per heavy atom. The van der Waals surface area contributed by atoms with Gasteiger partial charge in [-0.25, -0.2) is 0 Å². The zero-order chi connectivity index (χ0) is 8.88. The third-order valence-electron chi connectivity index (χ3n) is 1.92. The SMILES string of the molecule is O=C(Cl)[C@H]1C(=O)S[C@@H]2CC(=O)N12. The van der Waals surface area contributed by atoms with Gasteiger partial charge in [-0.1, -0.05) is 11.8 Å². The molecule has 64 valence electrons. The van der Waals surface area contributed by atoms with Gasteiger partial charge in [-0.3, -0.25) is 14.4 Å². The van der Waals surface area contributed by atoms with Gasteiger partial charge in [0.15, 0.2) is 6.04 Å². The van der Waals surface area contributed by atoms with E-state index >= 15 is 0 Å². The van der Waals surface area contributed by atoms with Crippen molar-refractivity contribution in [3.8, 4) is 0 Å². The predicted molar refractivity (Wildman–Crippen MR) is 42.5 cm³/mol. The van der Waals surface area contributed by atoms with E-state index < -0.39 is 11.3 Å². The number of thioether (sulfide) groups is 1. The van der Waals surface area contributed by atoms with E-state index in [0.717, 1.165) is 11.8 Å². The van der Waals surface area contributed by atoms with Crippen LogP contribution < -0.4 is 0 Å². The van der Waals surface area contributed by atoms with E-state index in [9.17, 15) is 14.4 Å². The minimum Gasteiger partial charge on any atom is -0.311 e. The number of carbonyl (C=O) groups excluding carboxylic acids is 3. The van der Waals surface area contributed by atoms with Crippen molar-refractivity contribution in [2.75, 3.05) is 0 Å². The Balaban J connectivity index is 2.26. The van der Waals surface area contributed by atoms with Crippen molar-refractivity contribution in [1.82, 2.24) is 4.90 Å². The second-order valence-electron chi connectivity index (χ2n) is 2.60. The van der Waals surface area contributed by atoms with Crippen LogP contribution in [0.25, 0.3) is 0 Å². The lowest BCUT2D eigenvalue weighted by atomic mass is 10.1. The largest absolute Gasteiger partial charge is 0.311 e. The fraction of sp³-hybridized carbons (Fsp3) is 0.500. The van der Waals surface area contributed by atoms with Crippen molar-refractivity contribution in [2.45, 2.75) is 17.8 Å². The molecule has 2 saturated heterocycles. The van der Waals surface area contributed by atoms with Crippen LogP contribution in [0.2, 0.25) is 0 Å². The number of hydrogen-bond acceptors (Lipinski definition) is 4. The molecule has 1 amide bonds. The molecule has 0 aromatic carbocycles. The molecule has 0 spiro atoms. The Labute approximate surface area is 77.2 Å². The molecular weight excluding hydrogens is 202 g/mol.